The predicted octanol–water partition coefficient (Wildman–Crippen LogP) is 3.95. The van der Waals surface area contributed by atoms with Crippen molar-refractivity contribution in [3.05, 3.63) is 39.9 Å². The molecule has 0 fully saturated rings. The lowest BCUT2D eigenvalue weighted by atomic mass is 9.93. The lowest BCUT2D eigenvalue weighted by Crippen LogP contribution is -2.31. The van der Waals surface area contributed by atoms with Crippen molar-refractivity contribution in [2.75, 3.05) is 11.5 Å². The van der Waals surface area contributed by atoms with E-state index >= 15 is 0 Å². The van der Waals surface area contributed by atoms with Gasteiger partial charge in [0, 0.05) is 16.2 Å². The van der Waals surface area contributed by atoms with Gasteiger partial charge in [-0.05, 0) is 62.8 Å². The van der Waals surface area contributed by atoms with Crippen molar-refractivity contribution in [2.24, 2.45) is 0 Å². The van der Waals surface area contributed by atoms with E-state index in [0.717, 1.165) is 12.8 Å². The summed E-state index contributed by atoms with van der Waals surface area (Å²) in [5.74, 6) is -0.850. The Labute approximate surface area is 165 Å². The van der Waals surface area contributed by atoms with Gasteiger partial charge < -0.3 is 4.74 Å². The van der Waals surface area contributed by atoms with Crippen molar-refractivity contribution in [3.63, 3.8) is 0 Å². The number of esters is 1. The van der Waals surface area contributed by atoms with Gasteiger partial charge in [-0.25, -0.2) is 4.90 Å². The van der Waals surface area contributed by atoms with Crippen LogP contribution in [0.5, 0.6) is 0 Å². The van der Waals surface area contributed by atoms with Crippen LogP contribution in [0.15, 0.2) is 29.3 Å². The van der Waals surface area contributed by atoms with Gasteiger partial charge in [0.15, 0.2) is 0 Å². The quantitative estimate of drug-likeness (QED) is 0.395. The second kappa shape index (κ2) is 7.92. The van der Waals surface area contributed by atoms with E-state index < -0.39 is 4.83 Å². The van der Waals surface area contributed by atoms with Crippen LogP contribution in [0.25, 0.3) is 0 Å². The predicted molar refractivity (Wildman–Crippen MR) is 102 cm³/mol. The zero-order chi connectivity index (χ0) is 18.8. The molecule has 1 unspecified atom stereocenters. The molecule has 0 N–H and O–H groups in total. The first kappa shape index (κ1) is 19.1. The Morgan fingerprint density at radius 3 is 2.42 bits per heavy atom. The zero-order valence-corrected chi connectivity index (χ0v) is 16.7. The molecule has 0 radical (unpaired) electrons. The number of imide groups is 1. The summed E-state index contributed by atoms with van der Waals surface area (Å²) in [5, 5.41) is 0.472. The van der Waals surface area contributed by atoms with E-state index in [1.807, 2.05) is 0 Å². The zero-order valence-electron chi connectivity index (χ0n) is 14.4. The van der Waals surface area contributed by atoms with E-state index in [1.165, 1.54) is 4.90 Å². The van der Waals surface area contributed by atoms with Crippen LogP contribution in [0.4, 0.5) is 5.69 Å². The fourth-order valence-electron chi connectivity index (χ4n) is 3.34. The number of ether oxygens (including phenoxy) is 1. The highest BCUT2D eigenvalue weighted by molar-refractivity contribution is 9.10. The van der Waals surface area contributed by atoms with E-state index in [-0.39, 0.29) is 17.8 Å². The molecule has 2 amide bonds. The molecule has 2 aliphatic rings. The molecule has 1 aliphatic heterocycles. The van der Waals surface area contributed by atoms with Crippen LogP contribution in [0.2, 0.25) is 5.02 Å². The van der Waals surface area contributed by atoms with E-state index in [2.05, 4.69) is 15.9 Å². The third-order valence-electron chi connectivity index (χ3n) is 4.62. The Bertz CT molecular complexity index is 777. The normalized spacial score (nSPS) is 18.2. The maximum Gasteiger partial charge on any atom is 0.320 e. The smallest absolute Gasteiger partial charge is 0.320 e. The maximum absolute atomic E-state index is 12.7. The molecule has 7 heteroatoms. The van der Waals surface area contributed by atoms with E-state index in [4.69, 9.17) is 16.3 Å². The highest BCUT2D eigenvalue weighted by atomic mass is 79.9. The van der Waals surface area contributed by atoms with Gasteiger partial charge in [-0.1, -0.05) is 27.5 Å². The molecule has 5 nitrogen and oxygen atoms in total. The van der Waals surface area contributed by atoms with Crippen molar-refractivity contribution in [1.82, 2.24) is 0 Å². The summed E-state index contributed by atoms with van der Waals surface area (Å²) >= 11 is 9.56. The lowest BCUT2D eigenvalue weighted by molar-refractivity contribution is -0.142. The van der Waals surface area contributed by atoms with E-state index in [1.54, 1.807) is 25.1 Å². The molecule has 1 aromatic rings. The summed E-state index contributed by atoms with van der Waals surface area (Å²) in [6.07, 6.45) is 3.48. The lowest BCUT2D eigenvalue weighted by Gasteiger charge is -2.18. The number of rotatable bonds is 5. The number of carbonyl (C=O) groups excluding carboxylic acids is 3. The van der Waals surface area contributed by atoms with Crippen LogP contribution in [0.3, 0.4) is 0 Å². The minimum atomic E-state index is -0.550. The average Bonchev–Trinajstić information content (AvgIpc) is 2.88. The third-order valence-corrected chi connectivity index (χ3v) is 5.69. The monoisotopic (exact) mass is 439 g/mol. The van der Waals surface area contributed by atoms with Gasteiger partial charge in [0.2, 0.25) is 0 Å². The SMILES string of the molecule is CCOC(=O)C(Br)Cc1cc(N2C(=O)C3=C(CCCC3)C2=O)ccc1Cl. The fourth-order valence-corrected chi connectivity index (χ4v) is 4.02. The number of nitrogens with zero attached hydrogens (tertiary/aromatic N) is 1. The number of hydrogen-bond donors (Lipinski definition) is 0. The highest BCUT2D eigenvalue weighted by Gasteiger charge is 2.39. The molecular formula is C19H19BrClNO4. The summed E-state index contributed by atoms with van der Waals surface area (Å²) in [6, 6.07) is 5.01. The number of carbonyl (C=O) groups is 3. The Morgan fingerprint density at radius 1 is 1.23 bits per heavy atom. The van der Waals surface area contributed by atoms with Gasteiger partial charge in [0.05, 0.1) is 12.3 Å². The number of amides is 2. The molecule has 0 bridgehead atoms. The molecule has 26 heavy (non-hydrogen) atoms. The average molecular weight is 441 g/mol. The van der Waals surface area contributed by atoms with Gasteiger partial charge in [-0.3, -0.25) is 14.4 Å². The van der Waals surface area contributed by atoms with Gasteiger partial charge in [-0.15, -0.1) is 0 Å². The Morgan fingerprint density at radius 2 is 1.85 bits per heavy atom. The molecule has 138 valence electrons. The topological polar surface area (TPSA) is 63.7 Å². The maximum atomic E-state index is 12.7. The standard InChI is InChI=1S/C19H19BrClNO4/c1-2-26-19(25)15(20)10-11-9-12(7-8-16(11)21)22-17(23)13-5-3-4-6-14(13)18(22)24/h7-9,15H,2-6,10H2,1H3. The van der Waals surface area contributed by atoms with Crippen LogP contribution in [0.1, 0.15) is 38.2 Å². The van der Waals surface area contributed by atoms with Gasteiger partial charge >= 0.3 is 5.97 Å². The molecule has 0 aromatic heterocycles. The first-order chi connectivity index (χ1) is 12.4. The van der Waals surface area contributed by atoms with Crippen molar-refractivity contribution in [2.45, 2.75) is 43.9 Å². The van der Waals surface area contributed by atoms with Crippen LogP contribution in [0, 0.1) is 0 Å². The number of benzene rings is 1. The van der Waals surface area contributed by atoms with Crippen molar-refractivity contribution < 1.29 is 19.1 Å². The molecule has 3 rings (SSSR count). The Kier molecular flexibility index (Phi) is 5.82. The van der Waals surface area contributed by atoms with Crippen molar-refractivity contribution >= 4 is 51.0 Å². The van der Waals surface area contributed by atoms with Crippen LogP contribution >= 0.6 is 27.5 Å². The van der Waals surface area contributed by atoms with E-state index in [9.17, 15) is 14.4 Å². The van der Waals surface area contributed by atoms with Crippen LogP contribution < -0.4 is 4.90 Å². The largest absolute Gasteiger partial charge is 0.465 e. The minimum Gasteiger partial charge on any atom is -0.465 e. The van der Waals surface area contributed by atoms with Crippen molar-refractivity contribution in [3.8, 4) is 0 Å². The Hall–Kier alpha value is -1.66. The third kappa shape index (κ3) is 3.58. The molecule has 1 atom stereocenters. The van der Waals surface area contributed by atoms with Crippen LogP contribution in [-0.2, 0) is 25.5 Å². The number of alkyl halides is 1. The second-order valence-corrected chi connectivity index (χ2v) is 7.82. The van der Waals surface area contributed by atoms with E-state index in [0.29, 0.717) is 53.3 Å². The van der Waals surface area contributed by atoms with Crippen LogP contribution in [-0.4, -0.2) is 29.2 Å². The molecule has 0 saturated carbocycles. The molecule has 1 heterocycles. The fraction of sp³-hybridized carbons (Fsp3) is 0.421. The first-order valence-corrected chi connectivity index (χ1v) is 9.93. The molecular weight excluding hydrogens is 422 g/mol. The number of hydrogen-bond acceptors (Lipinski definition) is 4. The molecule has 1 aliphatic carbocycles. The minimum absolute atomic E-state index is 0.237. The summed E-state index contributed by atoms with van der Waals surface area (Å²) in [5.41, 5.74) is 2.44. The highest BCUT2D eigenvalue weighted by Crippen LogP contribution is 2.36. The summed E-state index contributed by atoms with van der Waals surface area (Å²) in [4.78, 5) is 37.9. The molecule has 1 aromatic carbocycles. The van der Waals surface area contributed by atoms with Gasteiger partial charge in [-0.2, -0.15) is 0 Å². The second-order valence-electron chi connectivity index (χ2n) is 6.31. The number of halogens is 2. The molecule has 0 saturated heterocycles. The van der Waals surface area contributed by atoms with Gasteiger partial charge in [0.25, 0.3) is 11.8 Å². The summed E-state index contributed by atoms with van der Waals surface area (Å²) in [7, 11) is 0. The Balaban J connectivity index is 1.85. The first-order valence-electron chi connectivity index (χ1n) is 8.64. The van der Waals surface area contributed by atoms with Gasteiger partial charge in [0.1, 0.15) is 4.83 Å². The van der Waals surface area contributed by atoms with Crippen molar-refractivity contribution in [1.29, 1.82) is 0 Å². The number of anilines is 1. The summed E-state index contributed by atoms with van der Waals surface area (Å²) < 4.78 is 4.99. The summed E-state index contributed by atoms with van der Waals surface area (Å²) in [6.45, 7) is 2.04. The molecule has 0 spiro atoms.